The molecule has 124 valence electrons. The quantitative estimate of drug-likeness (QED) is 0.525. The number of benzene rings is 1. The van der Waals surface area contributed by atoms with Crippen molar-refractivity contribution < 1.29 is 9.47 Å². The molecule has 2 N–H and O–H groups in total. The van der Waals surface area contributed by atoms with Gasteiger partial charge in [-0.2, -0.15) is 0 Å². The summed E-state index contributed by atoms with van der Waals surface area (Å²) in [6.07, 6.45) is 0. The molecule has 0 fully saturated rings. The van der Waals surface area contributed by atoms with Crippen molar-refractivity contribution in [3.8, 4) is 5.75 Å². The number of guanidine groups is 1. The molecular weight excluding hydrogens is 280 g/mol. The van der Waals surface area contributed by atoms with Crippen molar-refractivity contribution in [2.45, 2.75) is 6.54 Å². The second-order valence-electron chi connectivity index (χ2n) is 5.00. The van der Waals surface area contributed by atoms with Gasteiger partial charge in [-0.1, -0.05) is 12.1 Å². The fourth-order valence-corrected chi connectivity index (χ4v) is 1.87. The van der Waals surface area contributed by atoms with Crippen LogP contribution in [0, 0.1) is 0 Å². The number of methoxy groups -OCH3 is 2. The van der Waals surface area contributed by atoms with Crippen LogP contribution in [-0.4, -0.2) is 65.4 Å². The summed E-state index contributed by atoms with van der Waals surface area (Å²) in [6, 6.07) is 7.99. The molecule has 0 radical (unpaired) electrons. The van der Waals surface area contributed by atoms with Crippen molar-refractivity contribution in [1.82, 2.24) is 15.5 Å². The predicted octanol–water partition coefficient (Wildman–Crippen LogP) is 0.938. The van der Waals surface area contributed by atoms with Gasteiger partial charge < -0.3 is 25.0 Å². The van der Waals surface area contributed by atoms with Crippen LogP contribution in [0.2, 0.25) is 0 Å². The minimum atomic E-state index is 0.725. The van der Waals surface area contributed by atoms with Crippen molar-refractivity contribution in [2.24, 2.45) is 4.99 Å². The van der Waals surface area contributed by atoms with E-state index in [9.17, 15) is 0 Å². The number of nitrogens with one attached hydrogen (secondary N) is 2. The van der Waals surface area contributed by atoms with Crippen LogP contribution in [0.25, 0.3) is 0 Å². The molecule has 0 aliphatic carbocycles. The van der Waals surface area contributed by atoms with E-state index in [0.717, 1.165) is 44.5 Å². The van der Waals surface area contributed by atoms with Gasteiger partial charge in [0.05, 0.1) is 13.7 Å². The van der Waals surface area contributed by atoms with E-state index in [1.165, 1.54) is 5.56 Å². The molecule has 0 aromatic heterocycles. The van der Waals surface area contributed by atoms with Crippen LogP contribution in [0.4, 0.5) is 0 Å². The number of nitrogens with zero attached hydrogens (tertiary/aromatic N) is 2. The van der Waals surface area contributed by atoms with Gasteiger partial charge in [0.1, 0.15) is 5.75 Å². The molecular formula is C16H28N4O2. The lowest BCUT2D eigenvalue weighted by molar-refractivity contribution is 0.162. The SMILES string of the molecule is CN=C(NCCN(C)CCOC)NCc1ccc(OC)cc1. The number of hydrogen-bond donors (Lipinski definition) is 2. The predicted molar refractivity (Wildman–Crippen MR) is 90.6 cm³/mol. The summed E-state index contributed by atoms with van der Waals surface area (Å²) < 4.78 is 10.2. The first kappa shape index (κ1) is 18.3. The van der Waals surface area contributed by atoms with Crippen LogP contribution in [0.15, 0.2) is 29.3 Å². The second-order valence-corrected chi connectivity index (χ2v) is 5.00. The van der Waals surface area contributed by atoms with E-state index in [1.807, 2.05) is 24.3 Å². The standard InChI is InChI=1S/C16H28N4O2/c1-17-16(18-9-10-20(2)11-12-21-3)19-13-14-5-7-15(22-4)8-6-14/h5-8H,9-13H2,1-4H3,(H2,17,18,19). The highest BCUT2D eigenvalue weighted by atomic mass is 16.5. The first-order valence-electron chi connectivity index (χ1n) is 7.44. The van der Waals surface area contributed by atoms with Crippen LogP contribution in [0.1, 0.15) is 5.56 Å². The average molecular weight is 308 g/mol. The van der Waals surface area contributed by atoms with Crippen LogP contribution in [0.5, 0.6) is 5.75 Å². The lowest BCUT2D eigenvalue weighted by atomic mass is 10.2. The third-order valence-corrected chi connectivity index (χ3v) is 3.31. The molecule has 0 spiro atoms. The third kappa shape index (κ3) is 7.28. The number of likely N-dealkylation sites (N-methyl/N-ethyl adjacent to an activating group) is 1. The smallest absolute Gasteiger partial charge is 0.191 e. The molecule has 0 amide bonds. The number of rotatable bonds is 9. The molecule has 0 saturated carbocycles. The molecule has 22 heavy (non-hydrogen) atoms. The van der Waals surface area contributed by atoms with Crippen LogP contribution < -0.4 is 15.4 Å². The van der Waals surface area contributed by atoms with Gasteiger partial charge in [-0.15, -0.1) is 0 Å². The summed E-state index contributed by atoms with van der Waals surface area (Å²) >= 11 is 0. The van der Waals surface area contributed by atoms with Crippen LogP contribution in [-0.2, 0) is 11.3 Å². The third-order valence-electron chi connectivity index (χ3n) is 3.31. The summed E-state index contributed by atoms with van der Waals surface area (Å²) in [5.74, 6) is 1.67. The maximum absolute atomic E-state index is 5.15. The largest absolute Gasteiger partial charge is 0.497 e. The lowest BCUT2D eigenvalue weighted by Gasteiger charge is -2.17. The summed E-state index contributed by atoms with van der Waals surface area (Å²) in [7, 11) is 7.24. The number of hydrogen-bond acceptors (Lipinski definition) is 4. The molecule has 1 rings (SSSR count). The molecule has 0 saturated heterocycles. The van der Waals surface area contributed by atoms with Crippen molar-refractivity contribution >= 4 is 5.96 Å². The van der Waals surface area contributed by atoms with Crippen molar-refractivity contribution in [2.75, 3.05) is 54.6 Å². The Balaban J connectivity index is 2.27. The normalized spacial score (nSPS) is 11.6. The van der Waals surface area contributed by atoms with Gasteiger partial charge >= 0.3 is 0 Å². The van der Waals surface area contributed by atoms with Gasteiger partial charge in [-0.05, 0) is 24.7 Å². The highest BCUT2D eigenvalue weighted by Crippen LogP contribution is 2.10. The van der Waals surface area contributed by atoms with Crippen LogP contribution >= 0.6 is 0 Å². The monoisotopic (exact) mass is 308 g/mol. The van der Waals surface area contributed by atoms with Gasteiger partial charge in [-0.25, -0.2) is 0 Å². The molecule has 1 aromatic carbocycles. The van der Waals surface area contributed by atoms with Gasteiger partial charge in [0.25, 0.3) is 0 Å². The minimum Gasteiger partial charge on any atom is -0.497 e. The first-order chi connectivity index (χ1) is 10.7. The topological polar surface area (TPSA) is 58.1 Å². The maximum Gasteiger partial charge on any atom is 0.191 e. The van der Waals surface area contributed by atoms with E-state index in [0.29, 0.717) is 0 Å². The Kier molecular flexibility index (Phi) is 9.02. The highest BCUT2D eigenvalue weighted by molar-refractivity contribution is 5.79. The molecule has 0 bridgehead atoms. The Morgan fingerprint density at radius 2 is 1.86 bits per heavy atom. The van der Waals surface area contributed by atoms with Gasteiger partial charge in [0.15, 0.2) is 5.96 Å². The molecule has 0 aliphatic heterocycles. The Morgan fingerprint density at radius 3 is 2.45 bits per heavy atom. The summed E-state index contributed by atoms with van der Waals surface area (Å²) in [4.78, 5) is 6.44. The van der Waals surface area contributed by atoms with E-state index in [4.69, 9.17) is 9.47 Å². The van der Waals surface area contributed by atoms with Crippen molar-refractivity contribution in [1.29, 1.82) is 0 Å². The van der Waals surface area contributed by atoms with Crippen molar-refractivity contribution in [3.63, 3.8) is 0 Å². The van der Waals surface area contributed by atoms with E-state index >= 15 is 0 Å². The Bertz CT molecular complexity index is 434. The van der Waals surface area contributed by atoms with Crippen LogP contribution in [0.3, 0.4) is 0 Å². The summed E-state index contributed by atoms with van der Waals surface area (Å²) in [5, 5.41) is 6.60. The van der Waals surface area contributed by atoms with Crippen molar-refractivity contribution in [3.05, 3.63) is 29.8 Å². The van der Waals surface area contributed by atoms with E-state index < -0.39 is 0 Å². The zero-order valence-electron chi connectivity index (χ0n) is 14.1. The molecule has 0 aliphatic rings. The number of aliphatic imine (C=N–C) groups is 1. The summed E-state index contributed by atoms with van der Waals surface area (Å²) in [5.41, 5.74) is 1.18. The zero-order valence-corrected chi connectivity index (χ0v) is 14.1. The zero-order chi connectivity index (χ0) is 16.2. The average Bonchev–Trinajstić information content (AvgIpc) is 2.56. The summed E-state index contributed by atoms with van der Waals surface area (Å²) in [6.45, 7) is 4.18. The second kappa shape index (κ2) is 10.9. The Labute approximate surface area is 133 Å². The molecule has 0 heterocycles. The maximum atomic E-state index is 5.15. The van der Waals surface area contributed by atoms with E-state index in [1.54, 1.807) is 21.3 Å². The lowest BCUT2D eigenvalue weighted by Crippen LogP contribution is -2.41. The van der Waals surface area contributed by atoms with E-state index in [2.05, 4.69) is 27.6 Å². The molecule has 0 unspecified atom stereocenters. The van der Waals surface area contributed by atoms with E-state index in [-0.39, 0.29) is 0 Å². The van der Waals surface area contributed by atoms with Gasteiger partial charge in [0, 0.05) is 40.3 Å². The number of ether oxygens (including phenoxy) is 2. The highest BCUT2D eigenvalue weighted by Gasteiger charge is 2.01. The molecule has 0 atom stereocenters. The van der Waals surface area contributed by atoms with Gasteiger partial charge in [-0.3, -0.25) is 4.99 Å². The Hall–Kier alpha value is -1.79. The fourth-order valence-electron chi connectivity index (χ4n) is 1.87. The Morgan fingerprint density at radius 1 is 1.14 bits per heavy atom. The first-order valence-corrected chi connectivity index (χ1v) is 7.44. The fraction of sp³-hybridized carbons (Fsp3) is 0.562. The van der Waals surface area contributed by atoms with Gasteiger partial charge in [0.2, 0.25) is 0 Å². The minimum absolute atomic E-state index is 0.725. The molecule has 6 heteroatoms. The molecule has 1 aromatic rings. The molecule has 6 nitrogen and oxygen atoms in total.